The second-order valence-corrected chi connectivity index (χ2v) is 2.21. The Morgan fingerprint density at radius 2 is 1.89 bits per heavy atom. The fourth-order valence-electron chi connectivity index (χ4n) is 0.541. The van der Waals surface area contributed by atoms with Crippen LogP contribution < -0.4 is 0 Å². The van der Waals surface area contributed by atoms with Crippen molar-refractivity contribution in [2.75, 3.05) is 0 Å². The van der Waals surface area contributed by atoms with Crippen LogP contribution in [0.2, 0.25) is 0 Å². The van der Waals surface area contributed by atoms with E-state index in [4.69, 9.17) is 10.8 Å². The Balaban J connectivity index is 3.39. The van der Waals surface area contributed by atoms with Crippen molar-refractivity contribution < 1.29 is 0 Å². The average molecular weight is 126 g/mol. The average Bonchev–Trinajstić information content (AvgIpc) is 1.82. The molecule has 0 spiro atoms. The Labute approximate surface area is 56.3 Å². The first-order valence-electron chi connectivity index (χ1n) is 3.31. The van der Waals surface area contributed by atoms with Gasteiger partial charge in [0.25, 0.3) is 0 Å². The Hall–Kier alpha value is -0.660. The summed E-state index contributed by atoms with van der Waals surface area (Å²) in [7, 11) is 0. The van der Waals surface area contributed by atoms with Crippen LogP contribution in [0.25, 0.3) is 0 Å². The summed E-state index contributed by atoms with van der Waals surface area (Å²) in [5.41, 5.74) is 0.889. The molecule has 0 aromatic heterocycles. The SMILES string of the molecule is CCCCC(=N)C(C)=N. The van der Waals surface area contributed by atoms with Crippen LogP contribution in [0, 0.1) is 10.8 Å². The van der Waals surface area contributed by atoms with Gasteiger partial charge in [-0.15, -0.1) is 0 Å². The van der Waals surface area contributed by atoms with Gasteiger partial charge in [-0.3, -0.25) is 0 Å². The van der Waals surface area contributed by atoms with Crippen LogP contribution in [0.1, 0.15) is 33.1 Å². The molecule has 0 radical (unpaired) electrons. The highest BCUT2D eigenvalue weighted by Crippen LogP contribution is 1.95. The lowest BCUT2D eigenvalue weighted by atomic mass is 10.1. The van der Waals surface area contributed by atoms with E-state index < -0.39 is 0 Å². The molecular formula is C7H14N2. The third kappa shape index (κ3) is 3.88. The highest BCUT2D eigenvalue weighted by Gasteiger charge is 1.96. The Morgan fingerprint density at radius 1 is 1.33 bits per heavy atom. The minimum absolute atomic E-state index is 0.406. The van der Waals surface area contributed by atoms with Gasteiger partial charge < -0.3 is 10.8 Å². The van der Waals surface area contributed by atoms with E-state index >= 15 is 0 Å². The van der Waals surface area contributed by atoms with E-state index in [1.807, 2.05) is 0 Å². The number of nitrogens with one attached hydrogen (secondary N) is 2. The van der Waals surface area contributed by atoms with Gasteiger partial charge in [-0.1, -0.05) is 13.3 Å². The molecule has 0 aromatic carbocycles. The third-order valence-corrected chi connectivity index (χ3v) is 1.23. The van der Waals surface area contributed by atoms with Crippen LogP contribution in [0.15, 0.2) is 0 Å². The molecule has 2 N–H and O–H groups in total. The zero-order chi connectivity index (χ0) is 7.28. The lowest BCUT2D eigenvalue weighted by Crippen LogP contribution is -2.06. The van der Waals surface area contributed by atoms with Crippen LogP contribution in [0.4, 0.5) is 0 Å². The summed E-state index contributed by atoms with van der Waals surface area (Å²) in [6.07, 6.45) is 2.91. The van der Waals surface area contributed by atoms with Gasteiger partial charge in [-0.25, -0.2) is 0 Å². The van der Waals surface area contributed by atoms with Crippen LogP contribution in [-0.2, 0) is 0 Å². The van der Waals surface area contributed by atoms with Crippen molar-refractivity contribution in [2.45, 2.75) is 33.1 Å². The zero-order valence-electron chi connectivity index (χ0n) is 6.12. The summed E-state index contributed by atoms with van der Waals surface area (Å²) in [5.74, 6) is 0. The molecule has 0 aliphatic heterocycles. The minimum atomic E-state index is 0.406. The number of hydrogen-bond donors (Lipinski definition) is 2. The molecule has 0 amide bonds. The van der Waals surface area contributed by atoms with E-state index in [0.717, 1.165) is 19.3 Å². The normalized spacial score (nSPS) is 9.11. The second kappa shape index (κ2) is 4.24. The van der Waals surface area contributed by atoms with Gasteiger partial charge in [0.15, 0.2) is 0 Å². The molecule has 0 atom stereocenters. The van der Waals surface area contributed by atoms with Crippen molar-refractivity contribution in [2.24, 2.45) is 0 Å². The summed E-state index contributed by atoms with van der Waals surface area (Å²) in [4.78, 5) is 0. The van der Waals surface area contributed by atoms with Crippen molar-refractivity contribution in [3.63, 3.8) is 0 Å². The van der Waals surface area contributed by atoms with Crippen molar-refractivity contribution in [3.05, 3.63) is 0 Å². The van der Waals surface area contributed by atoms with E-state index in [2.05, 4.69) is 6.92 Å². The van der Waals surface area contributed by atoms with Gasteiger partial charge in [0.2, 0.25) is 0 Å². The van der Waals surface area contributed by atoms with Crippen LogP contribution >= 0.6 is 0 Å². The van der Waals surface area contributed by atoms with Gasteiger partial charge in [0.1, 0.15) is 0 Å². The molecule has 0 aliphatic carbocycles. The fraction of sp³-hybridized carbons (Fsp3) is 0.714. The maximum atomic E-state index is 7.22. The smallest absolute Gasteiger partial charge is 0.0518 e. The molecule has 0 saturated carbocycles. The minimum Gasteiger partial charge on any atom is -0.304 e. The first-order chi connectivity index (χ1) is 4.18. The topological polar surface area (TPSA) is 47.7 Å². The third-order valence-electron chi connectivity index (χ3n) is 1.23. The van der Waals surface area contributed by atoms with E-state index in [-0.39, 0.29) is 0 Å². The second-order valence-electron chi connectivity index (χ2n) is 2.21. The van der Waals surface area contributed by atoms with Crippen LogP contribution in [0.5, 0.6) is 0 Å². The summed E-state index contributed by atoms with van der Waals surface area (Å²) in [6.45, 7) is 3.75. The Morgan fingerprint density at radius 3 is 2.22 bits per heavy atom. The quantitative estimate of drug-likeness (QED) is 0.543. The molecule has 52 valence electrons. The molecule has 2 nitrogen and oxygen atoms in total. The Kier molecular flexibility index (Phi) is 3.93. The summed E-state index contributed by atoms with van der Waals surface area (Å²) in [5, 5.41) is 14.3. The molecule has 0 fully saturated rings. The Bertz CT molecular complexity index is 116. The van der Waals surface area contributed by atoms with Gasteiger partial charge in [-0.2, -0.15) is 0 Å². The number of unbranched alkanes of at least 4 members (excludes halogenated alkanes) is 1. The summed E-state index contributed by atoms with van der Waals surface area (Å²) < 4.78 is 0. The van der Waals surface area contributed by atoms with Crippen molar-refractivity contribution in [1.82, 2.24) is 0 Å². The number of rotatable bonds is 4. The van der Waals surface area contributed by atoms with Gasteiger partial charge >= 0.3 is 0 Å². The van der Waals surface area contributed by atoms with Gasteiger partial charge in [-0.05, 0) is 19.8 Å². The number of hydrogen-bond acceptors (Lipinski definition) is 2. The molecule has 0 unspecified atom stereocenters. The van der Waals surface area contributed by atoms with E-state index in [1.54, 1.807) is 6.92 Å². The summed E-state index contributed by atoms with van der Waals surface area (Å²) >= 11 is 0. The molecule has 2 heteroatoms. The van der Waals surface area contributed by atoms with Crippen molar-refractivity contribution in [3.8, 4) is 0 Å². The highest BCUT2D eigenvalue weighted by molar-refractivity contribution is 6.38. The lowest BCUT2D eigenvalue weighted by molar-refractivity contribution is 0.836. The maximum absolute atomic E-state index is 7.22. The van der Waals surface area contributed by atoms with Crippen molar-refractivity contribution >= 4 is 11.4 Å². The largest absolute Gasteiger partial charge is 0.304 e. The van der Waals surface area contributed by atoms with E-state index in [9.17, 15) is 0 Å². The molecule has 0 aliphatic rings. The van der Waals surface area contributed by atoms with E-state index in [0.29, 0.717) is 11.4 Å². The molecule has 0 saturated heterocycles. The molecule has 0 bridgehead atoms. The zero-order valence-corrected chi connectivity index (χ0v) is 6.12. The summed E-state index contributed by atoms with van der Waals surface area (Å²) in [6, 6.07) is 0. The molecular weight excluding hydrogens is 112 g/mol. The molecule has 0 rings (SSSR count). The van der Waals surface area contributed by atoms with Gasteiger partial charge in [0, 0.05) is 5.71 Å². The maximum Gasteiger partial charge on any atom is 0.0518 e. The molecule has 0 aromatic rings. The standard InChI is InChI=1S/C7H14N2/c1-3-4-5-7(9)6(2)8/h8-9H,3-5H2,1-2H3. The lowest BCUT2D eigenvalue weighted by Gasteiger charge is -1.97. The predicted molar refractivity (Wildman–Crippen MR) is 40.7 cm³/mol. The molecule has 9 heavy (non-hydrogen) atoms. The highest BCUT2D eigenvalue weighted by atomic mass is 14.5. The van der Waals surface area contributed by atoms with Gasteiger partial charge in [0.05, 0.1) is 5.71 Å². The van der Waals surface area contributed by atoms with Crippen LogP contribution in [-0.4, -0.2) is 11.4 Å². The van der Waals surface area contributed by atoms with E-state index in [1.165, 1.54) is 0 Å². The first kappa shape index (κ1) is 8.34. The van der Waals surface area contributed by atoms with Crippen molar-refractivity contribution in [1.29, 1.82) is 10.8 Å². The molecule has 0 heterocycles. The predicted octanol–water partition coefficient (Wildman–Crippen LogP) is 2.24. The fourth-order valence-corrected chi connectivity index (χ4v) is 0.541. The van der Waals surface area contributed by atoms with Crippen LogP contribution in [0.3, 0.4) is 0 Å². The monoisotopic (exact) mass is 126 g/mol. The first-order valence-corrected chi connectivity index (χ1v) is 3.31.